The molecule has 2 unspecified atom stereocenters. The Labute approximate surface area is 375 Å². The van der Waals surface area contributed by atoms with Gasteiger partial charge in [0.05, 0.1) is 25.2 Å². The minimum Gasteiger partial charge on any atom is -0.463 e. The Morgan fingerprint density at radius 3 is 1.61 bits per heavy atom. The van der Waals surface area contributed by atoms with Crippen LogP contribution >= 0.6 is 7.82 Å². The molecule has 0 aliphatic heterocycles. The molecule has 62 heavy (non-hydrogen) atoms. The van der Waals surface area contributed by atoms with Crippen LogP contribution in [0.25, 0.3) is 4.85 Å². The Balaban J connectivity index is 4.87. The van der Waals surface area contributed by atoms with Gasteiger partial charge in [-0.2, -0.15) is 0 Å². The number of phosphoric ester groups is 1. The first-order chi connectivity index (χ1) is 29.6. The van der Waals surface area contributed by atoms with Crippen molar-refractivity contribution >= 4 is 31.6 Å². The molecule has 0 saturated heterocycles. The molecule has 15 heteroatoms. The first-order valence-corrected chi connectivity index (χ1v) is 25.4. The van der Waals surface area contributed by atoms with Gasteiger partial charge in [0.2, 0.25) is 11.4 Å². The van der Waals surface area contributed by atoms with Crippen molar-refractivity contribution in [2.75, 3.05) is 46.7 Å². The number of carbonyl (C=O) groups excluding carboxylic acids is 4. The normalized spacial score (nSPS) is 14.0. The topological polar surface area (TPSA) is 177 Å². The molecule has 0 bridgehead atoms. The van der Waals surface area contributed by atoms with E-state index in [9.17, 15) is 28.6 Å². The molecule has 0 saturated carbocycles. The van der Waals surface area contributed by atoms with Crippen molar-refractivity contribution in [1.29, 1.82) is 0 Å². The summed E-state index contributed by atoms with van der Waals surface area (Å²) in [5.41, 5.74) is -1.97. The molecule has 0 aromatic rings. The van der Waals surface area contributed by atoms with Gasteiger partial charge in [0, 0.05) is 52.7 Å². The summed E-state index contributed by atoms with van der Waals surface area (Å²) < 4.78 is 44.0. The number of esters is 3. The third kappa shape index (κ3) is 34.9. The molecular formula is C47H87N2O12P. The van der Waals surface area contributed by atoms with Crippen LogP contribution in [0.4, 0.5) is 0 Å². The minimum absolute atomic E-state index is 0.0226. The number of hydrogen-bond acceptors (Lipinski definition) is 11. The molecule has 0 heterocycles. The summed E-state index contributed by atoms with van der Waals surface area (Å²) in [6, 6.07) is 0. The van der Waals surface area contributed by atoms with Crippen molar-refractivity contribution in [2.45, 2.75) is 220 Å². The molecule has 0 spiro atoms. The van der Waals surface area contributed by atoms with Gasteiger partial charge < -0.3 is 34.0 Å². The summed E-state index contributed by atoms with van der Waals surface area (Å²) in [7, 11) is -3.15. The van der Waals surface area contributed by atoms with E-state index in [-0.39, 0.29) is 65.1 Å². The summed E-state index contributed by atoms with van der Waals surface area (Å²) >= 11 is 0. The highest BCUT2D eigenvalue weighted by Crippen LogP contribution is 2.43. The van der Waals surface area contributed by atoms with Gasteiger partial charge in [-0.15, -0.1) is 0 Å². The molecular weight excluding hydrogens is 815 g/mol. The van der Waals surface area contributed by atoms with Gasteiger partial charge in [0.15, 0.2) is 6.10 Å². The number of hydrogen-bond donors (Lipinski definition) is 2. The Hall–Kier alpha value is -2.56. The molecule has 362 valence electrons. The predicted molar refractivity (Wildman–Crippen MR) is 243 cm³/mol. The lowest BCUT2D eigenvalue weighted by Gasteiger charge is -2.28. The second kappa shape index (κ2) is 37.8. The minimum atomic E-state index is -4.65. The lowest BCUT2D eigenvalue weighted by atomic mass is 9.77. The van der Waals surface area contributed by atoms with E-state index in [1.165, 1.54) is 97.0 Å². The molecule has 0 aromatic carbocycles. The average molecular weight is 903 g/mol. The van der Waals surface area contributed by atoms with E-state index in [4.69, 9.17) is 34.6 Å². The van der Waals surface area contributed by atoms with Gasteiger partial charge in [0.1, 0.15) is 13.2 Å². The van der Waals surface area contributed by atoms with Crippen molar-refractivity contribution in [1.82, 2.24) is 5.32 Å². The number of amides is 1. The van der Waals surface area contributed by atoms with Crippen LogP contribution in [-0.2, 0) is 51.7 Å². The van der Waals surface area contributed by atoms with Crippen LogP contribution in [-0.4, -0.2) is 87.0 Å². The molecule has 2 N–H and O–H groups in total. The van der Waals surface area contributed by atoms with Crippen molar-refractivity contribution in [2.24, 2.45) is 5.41 Å². The number of carbonyl (C=O) groups is 4. The van der Waals surface area contributed by atoms with Crippen LogP contribution in [0.2, 0.25) is 0 Å². The lowest BCUT2D eigenvalue weighted by molar-refractivity contribution is -0.161. The molecule has 0 radical (unpaired) electrons. The predicted octanol–water partition coefficient (Wildman–Crippen LogP) is 11.2. The zero-order valence-electron chi connectivity index (χ0n) is 39.7. The van der Waals surface area contributed by atoms with Crippen LogP contribution in [0.1, 0.15) is 208 Å². The van der Waals surface area contributed by atoms with Crippen LogP contribution < -0.4 is 5.32 Å². The van der Waals surface area contributed by atoms with E-state index in [2.05, 4.69) is 24.0 Å². The molecule has 0 aromatic heterocycles. The Morgan fingerprint density at radius 2 is 1.13 bits per heavy atom. The fourth-order valence-electron chi connectivity index (χ4n) is 7.14. The van der Waals surface area contributed by atoms with E-state index in [1.54, 1.807) is 20.8 Å². The van der Waals surface area contributed by atoms with Gasteiger partial charge in [-0.1, -0.05) is 142 Å². The molecule has 0 aliphatic rings. The van der Waals surface area contributed by atoms with Gasteiger partial charge >= 0.3 is 25.7 Å². The summed E-state index contributed by atoms with van der Waals surface area (Å²) in [6.45, 7) is 16.2. The Morgan fingerprint density at radius 1 is 0.645 bits per heavy atom. The number of methoxy groups -OCH3 is 1. The van der Waals surface area contributed by atoms with Gasteiger partial charge in [0.25, 0.3) is 0 Å². The first-order valence-electron chi connectivity index (χ1n) is 23.9. The van der Waals surface area contributed by atoms with E-state index in [0.717, 1.165) is 38.5 Å². The molecule has 1 amide bonds. The van der Waals surface area contributed by atoms with Crippen LogP contribution in [0.3, 0.4) is 0 Å². The number of ether oxygens (including phenoxy) is 4. The third-order valence-electron chi connectivity index (χ3n) is 10.9. The molecule has 0 rings (SSSR count). The second-order valence-corrected chi connectivity index (χ2v) is 19.1. The van der Waals surface area contributed by atoms with Crippen LogP contribution in [0.5, 0.6) is 0 Å². The highest BCUT2D eigenvalue weighted by Gasteiger charge is 2.43. The zero-order chi connectivity index (χ0) is 46.4. The largest absolute Gasteiger partial charge is 0.472 e. The van der Waals surface area contributed by atoms with E-state index in [0.29, 0.717) is 12.8 Å². The second-order valence-electron chi connectivity index (χ2n) is 17.6. The van der Waals surface area contributed by atoms with Gasteiger partial charge in [-0.25, -0.2) is 11.1 Å². The Kier molecular flexibility index (Phi) is 36.2. The summed E-state index contributed by atoms with van der Waals surface area (Å²) in [6.07, 6.45) is 24.8. The maximum Gasteiger partial charge on any atom is 0.472 e. The van der Waals surface area contributed by atoms with Crippen LogP contribution in [0.15, 0.2) is 0 Å². The molecule has 14 nitrogen and oxygen atoms in total. The van der Waals surface area contributed by atoms with Crippen molar-refractivity contribution < 1.29 is 56.6 Å². The van der Waals surface area contributed by atoms with E-state index < -0.39 is 55.3 Å². The monoisotopic (exact) mass is 903 g/mol. The van der Waals surface area contributed by atoms with Crippen molar-refractivity contribution in [3.8, 4) is 0 Å². The zero-order valence-corrected chi connectivity index (χ0v) is 40.6. The van der Waals surface area contributed by atoms with Crippen molar-refractivity contribution in [3.05, 3.63) is 11.4 Å². The lowest BCUT2D eigenvalue weighted by Crippen LogP contribution is -2.37. The first kappa shape index (κ1) is 59.4. The van der Waals surface area contributed by atoms with Gasteiger partial charge in [-0.05, 0) is 26.7 Å². The number of rotatable bonds is 43. The maximum atomic E-state index is 12.8. The molecule has 0 fully saturated rings. The van der Waals surface area contributed by atoms with E-state index in [1.807, 2.05) is 0 Å². The number of phosphoric acid groups is 1. The van der Waals surface area contributed by atoms with Crippen LogP contribution in [0, 0.1) is 12.0 Å². The number of unbranched alkanes of at least 4 members (excludes halogenated alkanes) is 20. The average Bonchev–Trinajstić information content (AvgIpc) is 3.23. The number of nitrogens with one attached hydrogen (secondary N) is 1. The van der Waals surface area contributed by atoms with Crippen molar-refractivity contribution in [3.63, 3.8) is 0 Å². The summed E-state index contributed by atoms with van der Waals surface area (Å²) in [4.78, 5) is 64.5. The highest BCUT2D eigenvalue weighted by atomic mass is 31.2. The maximum absolute atomic E-state index is 12.8. The summed E-state index contributed by atoms with van der Waals surface area (Å²) in [5, 5.41) is 2.60. The van der Waals surface area contributed by atoms with Gasteiger partial charge in [-0.3, -0.25) is 28.2 Å². The Bertz CT molecular complexity index is 1280. The van der Waals surface area contributed by atoms with E-state index >= 15 is 0 Å². The fourth-order valence-corrected chi connectivity index (χ4v) is 7.90. The highest BCUT2D eigenvalue weighted by molar-refractivity contribution is 7.47. The quantitative estimate of drug-likeness (QED) is 0.0195. The molecule has 3 atom stereocenters. The molecule has 0 aliphatic carbocycles. The SMILES string of the molecule is [C-]#[N+]C(C)(CCC(=O)NCCOP(=O)(O)OC[C@@H](COC(=O)CCCCCCCCCCCCC)OC(=O)CCCCCCCCCCCCC)CC(C)(C)C(=O)OCCOC. The smallest absolute Gasteiger partial charge is 0.463 e. The third-order valence-corrected chi connectivity index (χ3v) is 11.8. The number of nitrogens with zero attached hydrogens (tertiary/aromatic N) is 1. The summed E-state index contributed by atoms with van der Waals surface area (Å²) in [5.74, 6) is -1.81. The fraction of sp³-hybridized carbons (Fsp3) is 0.894. The standard InChI is InChI=1S/C47H87N2O12P/c1-8-10-12-14-16-18-20-22-24-26-28-30-43(51)58-38-41(61-44(52)31-29-27-25-23-21-19-17-15-13-11-9-2)39-60-62(54,55)59-35-34-49-42(50)32-33-47(5,48-6)40-46(3,4)45(53)57-37-36-56-7/h41H,8-40H2,1-5,7H3,(H,49,50)(H,54,55)/t41-,47?/m1/s1.